The maximum absolute atomic E-state index is 13.2. The Morgan fingerprint density at radius 2 is 1.95 bits per heavy atom. The average Bonchev–Trinajstić information content (AvgIpc) is 3.28. The Morgan fingerprint density at radius 3 is 2.63 bits per heavy atom. The molecule has 4 heterocycles. The van der Waals surface area contributed by atoms with Crippen LogP contribution in [0.1, 0.15) is 6.92 Å². The average molecular weight is 578 g/mol. The van der Waals surface area contributed by atoms with Crippen molar-refractivity contribution >= 4 is 36.9 Å². The number of anilines is 1. The summed E-state index contributed by atoms with van der Waals surface area (Å²) in [5, 5.41) is 4.35. The lowest BCUT2D eigenvalue weighted by molar-refractivity contribution is -0.0499. The number of nitrogens with zero attached hydrogens (tertiary/aromatic N) is 5. The monoisotopic (exact) mass is 577 g/mol. The first-order valence-electron chi connectivity index (χ1n) is 11.7. The molecule has 0 spiro atoms. The molecule has 1 aliphatic heterocycles. The topological polar surface area (TPSA) is 109 Å². The van der Waals surface area contributed by atoms with E-state index in [1.54, 1.807) is 16.9 Å². The van der Waals surface area contributed by atoms with E-state index in [4.69, 9.17) is 14.5 Å². The van der Waals surface area contributed by atoms with Gasteiger partial charge in [0.2, 0.25) is 0 Å². The lowest BCUT2D eigenvalue weighted by atomic mass is 10.1. The van der Waals surface area contributed by atoms with E-state index in [1.165, 1.54) is 18.3 Å². The number of hydrogen-bond donors (Lipinski definition) is 0. The van der Waals surface area contributed by atoms with E-state index in [0.29, 0.717) is 37.8 Å². The molecule has 0 bridgehead atoms. The molecule has 10 nitrogen and oxygen atoms in total. The summed E-state index contributed by atoms with van der Waals surface area (Å²) in [6.45, 7) is 3.68. The largest absolute Gasteiger partial charge is 0.534 e. The molecule has 1 atom stereocenters. The van der Waals surface area contributed by atoms with Crippen molar-refractivity contribution in [2.45, 2.75) is 25.2 Å². The standard InChI is InChI=1S/C23H30F3N5O5S2/c1-16-14-34-10-9-30(16)20-13-19(36-38(32,33)23(24,25)26)17-5-7-27-22(21(17)29-20)18-6-8-28-31(18)15-35-11-12-37(2,3)4/h5-8,13,16H,9-12,14-15H2,1-4H3/t16-/m1/s1. The molecule has 1 fully saturated rings. The molecule has 0 amide bonds. The quantitative estimate of drug-likeness (QED) is 0.214. The first-order valence-corrected chi connectivity index (χ1v) is 16.1. The van der Waals surface area contributed by atoms with Crippen molar-refractivity contribution in [2.24, 2.45) is 0 Å². The van der Waals surface area contributed by atoms with Crippen molar-refractivity contribution in [1.82, 2.24) is 19.7 Å². The minimum atomic E-state index is -5.93. The SMILES string of the molecule is C[C@@H]1COCCN1c1cc(OS(=O)(=O)C(F)(F)F)c2ccnc(-c3ccnn3COCCS(C)(C)C)c2n1. The van der Waals surface area contributed by atoms with Crippen LogP contribution in [-0.2, 0) is 26.3 Å². The van der Waals surface area contributed by atoms with Gasteiger partial charge in [-0.05, 0) is 37.8 Å². The van der Waals surface area contributed by atoms with Crippen molar-refractivity contribution in [3.8, 4) is 17.1 Å². The minimum absolute atomic E-state index is 0.0532. The number of fused-ring (bicyclic) bond motifs is 1. The summed E-state index contributed by atoms with van der Waals surface area (Å²) in [6, 6.07) is 4.08. The Kier molecular flexibility index (Phi) is 8.12. The fraction of sp³-hybridized carbons (Fsp3) is 0.522. The van der Waals surface area contributed by atoms with Crippen LogP contribution in [0.2, 0.25) is 0 Å². The summed E-state index contributed by atoms with van der Waals surface area (Å²) < 4.78 is 81.1. The molecule has 0 radical (unpaired) electrons. The van der Waals surface area contributed by atoms with E-state index < -0.39 is 31.4 Å². The van der Waals surface area contributed by atoms with Crippen molar-refractivity contribution in [3.63, 3.8) is 0 Å². The van der Waals surface area contributed by atoms with Crippen LogP contribution >= 0.6 is 10.0 Å². The third kappa shape index (κ3) is 6.33. The number of ether oxygens (including phenoxy) is 2. The highest BCUT2D eigenvalue weighted by Crippen LogP contribution is 2.37. The Labute approximate surface area is 220 Å². The van der Waals surface area contributed by atoms with Gasteiger partial charge in [-0.1, -0.05) is 0 Å². The molecular formula is C23H30F3N5O5S2. The van der Waals surface area contributed by atoms with Gasteiger partial charge in [0.25, 0.3) is 0 Å². The van der Waals surface area contributed by atoms with Gasteiger partial charge < -0.3 is 18.6 Å². The van der Waals surface area contributed by atoms with Gasteiger partial charge in [0, 0.05) is 36.1 Å². The van der Waals surface area contributed by atoms with Crippen LogP contribution in [0.5, 0.6) is 5.75 Å². The lowest BCUT2D eigenvalue weighted by Crippen LogP contribution is -2.44. The number of halogens is 3. The molecular weight excluding hydrogens is 547 g/mol. The molecule has 210 valence electrons. The Hall–Kier alpha value is -2.62. The zero-order chi connectivity index (χ0) is 27.7. The molecule has 0 aromatic carbocycles. The van der Waals surface area contributed by atoms with Crippen LogP contribution in [0.3, 0.4) is 0 Å². The van der Waals surface area contributed by atoms with E-state index >= 15 is 0 Å². The van der Waals surface area contributed by atoms with Crippen LogP contribution < -0.4 is 9.08 Å². The molecule has 15 heteroatoms. The summed E-state index contributed by atoms with van der Waals surface area (Å²) in [7, 11) is -6.67. The lowest BCUT2D eigenvalue weighted by Gasteiger charge is -2.34. The normalized spacial score (nSPS) is 17.7. The van der Waals surface area contributed by atoms with Gasteiger partial charge in [-0.15, -0.1) is 0 Å². The number of hydrogen-bond acceptors (Lipinski definition) is 9. The molecule has 0 unspecified atom stereocenters. The summed E-state index contributed by atoms with van der Waals surface area (Å²) >= 11 is 0. The molecule has 1 aliphatic rings. The van der Waals surface area contributed by atoms with E-state index in [-0.39, 0.29) is 29.5 Å². The van der Waals surface area contributed by atoms with Gasteiger partial charge in [-0.25, -0.2) is 19.7 Å². The van der Waals surface area contributed by atoms with Crippen LogP contribution in [-0.4, -0.2) is 90.6 Å². The summed E-state index contributed by atoms with van der Waals surface area (Å²) in [5.41, 5.74) is -4.64. The van der Waals surface area contributed by atoms with Gasteiger partial charge in [0.1, 0.15) is 23.8 Å². The molecule has 3 aromatic rings. The maximum atomic E-state index is 13.2. The number of aromatic nitrogens is 4. The second-order valence-corrected chi connectivity index (χ2v) is 15.8. The van der Waals surface area contributed by atoms with Crippen LogP contribution in [0.15, 0.2) is 30.6 Å². The molecule has 4 rings (SSSR count). The van der Waals surface area contributed by atoms with E-state index in [9.17, 15) is 21.6 Å². The third-order valence-electron chi connectivity index (χ3n) is 5.83. The fourth-order valence-electron chi connectivity index (χ4n) is 3.84. The van der Waals surface area contributed by atoms with Gasteiger partial charge in [0.15, 0.2) is 5.75 Å². The predicted octanol–water partition coefficient (Wildman–Crippen LogP) is 3.61. The summed E-state index contributed by atoms with van der Waals surface area (Å²) in [5.74, 6) is 0.651. The molecule has 0 saturated carbocycles. The second kappa shape index (κ2) is 10.9. The maximum Gasteiger partial charge on any atom is 0.534 e. The van der Waals surface area contributed by atoms with Crippen LogP contribution in [0.25, 0.3) is 22.3 Å². The van der Waals surface area contributed by atoms with Crippen LogP contribution in [0.4, 0.5) is 19.0 Å². The second-order valence-electron chi connectivity index (χ2n) is 9.68. The van der Waals surface area contributed by atoms with Crippen molar-refractivity contribution < 1.29 is 35.2 Å². The molecule has 38 heavy (non-hydrogen) atoms. The van der Waals surface area contributed by atoms with Gasteiger partial charge in [-0.2, -0.15) is 26.7 Å². The van der Waals surface area contributed by atoms with Crippen molar-refractivity contribution in [2.75, 3.05) is 55.8 Å². The van der Waals surface area contributed by atoms with Gasteiger partial charge >= 0.3 is 15.6 Å². The van der Waals surface area contributed by atoms with Gasteiger partial charge in [-0.3, -0.25) is 4.98 Å². The fourth-order valence-corrected chi connectivity index (χ4v) is 4.93. The minimum Gasteiger partial charge on any atom is -0.377 e. The Morgan fingerprint density at radius 1 is 1.18 bits per heavy atom. The Balaban J connectivity index is 1.80. The molecule has 0 aliphatic carbocycles. The van der Waals surface area contributed by atoms with Crippen LogP contribution in [0, 0.1) is 0 Å². The highest BCUT2D eigenvalue weighted by atomic mass is 32.3. The first kappa shape index (κ1) is 28.4. The number of pyridine rings is 2. The zero-order valence-electron chi connectivity index (χ0n) is 21.4. The zero-order valence-corrected chi connectivity index (χ0v) is 23.1. The van der Waals surface area contributed by atoms with Gasteiger partial charge in [0.05, 0.1) is 31.6 Å². The Bertz CT molecular complexity index is 1390. The highest BCUT2D eigenvalue weighted by Gasteiger charge is 2.49. The van der Waals surface area contributed by atoms with Crippen molar-refractivity contribution in [1.29, 1.82) is 0 Å². The van der Waals surface area contributed by atoms with E-state index in [0.717, 1.165) is 5.75 Å². The summed E-state index contributed by atoms with van der Waals surface area (Å²) in [4.78, 5) is 10.9. The number of morpholine rings is 1. The van der Waals surface area contributed by atoms with Crippen molar-refractivity contribution in [3.05, 3.63) is 30.6 Å². The predicted molar refractivity (Wildman–Crippen MR) is 140 cm³/mol. The number of alkyl halides is 3. The smallest absolute Gasteiger partial charge is 0.377 e. The summed E-state index contributed by atoms with van der Waals surface area (Å²) in [6.07, 6.45) is 9.46. The number of rotatable bonds is 9. The third-order valence-corrected chi connectivity index (χ3v) is 8.19. The molecule has 3 aromatic heterocycles. The molecule has 1 saturated heterocycles. The highest BCUT2D eigenvalue weighted by molar-refractivity contribution is 8.32. The first-order chi connectivity index (χ1) is 17.8. The van der Waals surface area contributed by atoms with E-state index in [1.807, 2.05) is 11.8 Å². The van der Waals surface area contributed by atoms with E-state index in [2.05, 4.69) is 33.0 Å². The molecule has 0 N–H and O–H groups in total.